The zero-order valence-electron chi connectivity index (χ0n) is 13.3. The lowest BCUT2D eigenvalue weighted by molar-refractivity contribution is -0.163. The molecule has 2 saturated heterocycles. The predicted octanol–water partition coefficient (Wildman–Crippen LogP) is 2.01. The van der Waals surface area contributed by atoms with Crippen molar-refractivity contribution in [2.45, 2.75) is 64.3 Å². The van der Waals surface area contributed by atoms with Crippen LogP contribution in [0.4, 0.5) is 0 Å². The van der Waals surface area contributed by atoms with Crippen LogP contribution in [-0.4, -0.2) is 47.1 Å². The highest BCUT2D eigenvalue weighted by Crippen LogP contribution is 2.41. The minimum atomic E-state index is -0.959. The average molecular weight is 296 g/mol. The van der Waals surface area contributed by atoms with Gasteiger partial charge in [-0.2, -0.15) is 0 Å². The number of hydrogen-bond donors (Lipinski definition) is 2. The number of nitrogens with zero attached hydrogens (tertiary/aromatic N) is 1. The van der Waals surface area contributed by atoms with Gasteiger partial charge in [-0.05, 0) is 51.6 Å². The third-order valence-electron chi connectivity index (χ3n) is 5.49. The Morgan fingerprint density at radius 2 is 1.86 bits per heavy atom. The Morgan fingerprint density at radius 1 is 1.19 bits per heavy atom. The Kier molecular flexibility index (Phi) is 4.91. The van der Waals surface area contributed by atoms with Gasteiger partial charge in [0, 0.05) is 6.54 Å². The number of carboxylic acid groups (broad SMARTS) is 1. The summed E-state index contributed by atoms with van der Waals surface area (Å²) in [6.07, 6.45) is 5.19. The van der Waals surface area contributed by atoms with Gasteiger partial charge in [0.25, 0.3) is 0 Å². The van der Waals surface area contributed by atoms with Crippen molar-refractivity contribution in [1.29, 1.82) is 0 Å². The summed E-state index contributed by atoms with van der Waals surface area (Å²) < 4.78 is 0. The maximum atomic E-state index is 13.2. The Hall–Kier alpha value is -1.10. The second-order valence-electron chi connectivity index (χ2n) is 6.53. The topological polar surface area (TPSA) is 69.6 Å². The molecule has 1 unspecified atom stereocenters. The van der Waals surface area contributed by atoms with E-state index in [4.69, 9.17) is 0 Å². The molecule has 0 aliphatic carbocycles. The smallest absolute Gasteiger partial charge is 0.329 e. The lowest BCUT2D eigenvalue weighted by Crippen LogP contribution is -2.58. The summed E-state index contributed by atoms with van der Waals surface area (Å²) in [4.78, 5) is 26.8. The molecule has 0 saturated carbocycles. The van der Waals surface area contributed by atoms with Crippen molar-refractivity contribution < 1.29 is 14.7 Å². The Balaban J connectivity index is 2.29. The molecule has 0 bridgehead atoms. The quantitative estimate of drug-likeness (QED) is 0.814. The highest BCUT2D eigenvalue weighted by molar-refractivity contribution is 5.90. The van der Waals surface area contributed by atoms with E-state index in [0.717, 1.165) is 45.2 Å². The lowest BCUT2D eigenvalue weighted by atomic mass is 9.74. The number of amides is 1. The van der Waals surface area contributed by atoms with Crippen LogP contribution >= 0.6 is 0 Å². The van der Waals surface area contributed by atoms with Gasteiger partial charge >= 0.3 is 5.97 Å². The van der Waals surface area contributed by atoms with E-state index in [-0.39, 0.29) is 11.3 Å². The van der Waals surface area contributed by atoms with Gasteiger partial charge in [-0.1, -0.05) is 20.3 Å². The van der Waals surface area contributed by atoms with Crippen molar-refractivity contribution in [3.05, 3.63) is 0 Å². The Bertz CT molecular complexity index is 404. The van der Waals surface area contributed by atoms with Crippen molar-refractivity contribution in [1.82, 2.24) is 10.2 Å². The van der Waals surface area contributed by atoms with Crippen LogP contribution in [0.5, 0.6) is 0 Å². The third-order valence-corrected chi connectivity index (χ3v) is 5.49. The maximum absolute atomic E-state index is 13.2. The maximum Gasteiger partial charge on any atom is 0.329 e. The first-order chi connectivity index (χ1) is 10.0. The number of nitrogens with one attached hydrogen (secondary N) is 1. The molecule has 2 rings (SSSR count). The van der Waals surface area contributed by atoms with Gasteiger partial charge in [-0.25, -0.2) is 4.79 Å². The zero-order chi connectivity index (χ0) is 15.5. The van der Waals surface area contributed by atoms with E-state index in [1.807, 2.05) is 6.92 Å². The highest BCUT2D eigenvalue weighted by Gasteiger charge is 2.53. The van der Waals surface area contributed by atoms with Crippen LogP contribution in [0.1, 0.15) is 58.8 Å². The minimum Gasteiger partial charge on any atom is -0.479 e. The van der Waals surface area contributed by atoms with Crippen LogP contribution in [0.15, 0.2) is 0 Å². The molecule has 0 aromatic heterocycles. The molecule has 2 aliphatic rings. The molecular formula is C16H28N2O3. The van der Waals surface area contributed by atoms with E-state index in [1.54, 1.807) is 4.90 Å². The van der Waals surface area contributed by atoms with Gasteiger partial charge in [0.1, 0.15) is 5.54 Å². The molecule has 2 heterocycles. The van der Waals surface area contributed by atoms with Crippen LogP contribution < -0.4 is 5.32 Å². The molecule has 1 atom stereocenters. The molecule has 2 N–H and O–H groups in total. The van der Waals surface area contributed by atoms with Crippen molar-refractivity contribution in [2.75, 3.05) is 19.6 Å². The van der Waals surface area contributed by atoms with Gasteiger partial charge in [-0.3, -0.25) is 4.79 Å². The molecule has 5 heteroatoms. The second kappa shape index (κ2) is 6.34. The summed E-state index contributed by atoms with van der Waals surface area (Å²) in [7, 11) is 0. The molecule has 0 radical (unpaired) electrons. The van der Waals surface area contributed by atoms with Crippen LogP contribution in [-0.2, 0) is 9.59 Å². The zero-order valence-corrected chi connectivity index (χ0v) is 13.3. The highest BCUT2D eigenvalue weighted by atomic mass is 16.4. The van der Waals surface area contributed by atoms with E-state index in [0.29, 0.717) is 19.4 Å². The molecule has 5 nitrogen and oxygen atoms in total. The monoisotopic (exact) mass is 296 g/mol. The number of carbonyl (C=O) groups is 2. The number of carboxylic acids is 1. The van der Waals surface area contributed by atoms with Crippen molar-refractivity contribution >= 4 is 11.9 Å². The van der Waals surface area contributed by atoms with Gasteiger partial charge in [0.15, 0.2) is 0 Å². The molecule has 0 aromatic rings. The van der Waals surface area contributed by atoms with Crippen molar-refractivity contribution in [2.24, 2.45) is 5.41 Å². The summed E-state index contributed by atoms with van der Waals surface area (Å²) in [5.41, 5.74) is -1.32. The van der Waals surface area contributed by atoms with Crippen molar-refractivity contribution in [3.63, 3.8) is 0 Å². The largest absolute Gasteiger partial charge is 0.479 e. The fourth-order valence-corrected chi connectivity index (χ4v) is 4.09. The normalized spacial score (nSPS) is 28.6. The molecule has 0 aromatic carbocycles. The predicted molar refractivity (Wildman–Crippen MR) is 81.0 cm³/mol. The number of carbonyl (C=O) groups excluding carboxylic acids is 1. The first-order valence-electron chi connectivity index (χ1n) is 8.28. The van der Waals surface area contributed by atoms with Gasteiger partial charge < -0.3 is 15.3 Å². The van der Waals surface area contributed by atoms with E-state index in [1.165, 1.54) is 0 Å². The molecule has 120 valence electrons. The van der Waals surface area contributed by atoms with Crippen LogP contribution in [0, 0.1) is 5.41 Å². The summed E-state index contributed by atoms with van der Waals surface area (Å²) in [5, 5.41) is 13.1. The molecule has 2 aliphatic heterocycles. The number of hydrogen-bond acceptors (Lipinski definition) is 3. The molecular weight excluding hydrogens is 268 g/mol. The molecule has 0 spiro atoms. The summed E-state index contributed by atoms with van der Waals surface area (Å²) in [6, 6.07) is 0. The third kappa shape index (κ3) is 2.68. The van der Waals surface area contributed by atoms with E-state index < -0.39 is 11.5 Å². The Morgan fingerprint density at radius 3 is 2.38 bits per heavy atom. The fourth-order valence-electron chi connectivity index (χ4n) is 4.09. The summed E-state index contributed by atoms with van der Waals surface area (Å²) in [5.74, 6) is -0.741. The van der Waals surface area contributed by atoms with Crippen LogP contribution in [0.25, 0.3) is 0 Å². The molecule has 21 heavy (non-hydrogen) atoms. The van der Waals surface area contributed by atoms with Gasteiger partial charge in [0.05, 0.1) is 5.41 Å². The minimum absolute atomic E-state index is 0.0832. The van der Waals surface area contributed by atoms with E-state index in [2.05, 4.69) is 12.2 Å². The summed E-state index contributed by atoms with van der Waals surface area (Å²) >= 11 is 0. The Labute approximate surface area is 127 Å². The number of rotatable bonds is 5. The fraction of sp³-hybridized carbons (Fsp3) is 0.875. The lowest BCUT2D eigenvalue weighted by Gasteiger charge is -2.43. The van der Waals surface area contributed by atoms with E-state index >= 15 is 0 Å². The number of likely N-dealkylation sites (tertiary alicyclic amines) is 1. The van der Waals surface area contributed by atoms with Crippen LogP contribution in [0.3, 0.4) is 0 Å². The summed E-state index contributed by atoms with van der Waals surface area (Å²) in [6.45, 7) is 6.34. The average Bonchev–Trinajstić information content (AvgIpc) is 2.92. The molecule has 1 amide bonds. The van der Waals surface area contributed by atoms with Gasteiger partial charge in [-0.15, -0.1) is 0 Å². The standard InChI is InChI=1S/C16H28N2O3/c1-3-6-16(14(20)21)7-5-12-18(16)13(19)15(4-2)8-10-17-11-9-15/h17H,3-12H2,1-2H3,(H,20,21). The number of aliphatic carboxylic acids is 1. The van der Waals surface area contributed by atoms with E-state index in [9.17, 15) is 14.7 Å². The number of piperidine rings is 1. The SMILES string of the molecule is CCCC1(C(=O)O)CCCN1C(=O)C1(CC)CCNCC1. The molecule has 2 fully saturated rings. The van der Waals surface area contributed by atoms with Crippen molar-refractivity contribution in [3.8, 4) is 0 Å². The van der Waals surface area contributed by atoms with Gasteiger partial charge in [0.2, 0.25) is 5.91 Å². The van der Waals surface area contributed by atoms with Crippen LogP contribution in [0.2, 0.25) is 0 Å². The second-order valence-corrected chi connectivity index (χ2v) is 6.53. The first kappa shape index (κ1) is 16.3. The first-order valence-corrected chi connectivity index (χ1v) is 8.28.